The number of carbonyl (C=O) groups excluding carboxylic acids is 2. The fraction of sp³-hybridized carbons (Fsp3) is 0.355. The normalized spacial score (nSPS) is 12.2. The summed E-state index contributed by atoms with van der Waals surface area (Å²) in [5.41, 5.74) is 3.40. The van der Waals surface area contributed by atoms with E-state index in [2.05, 4.69) is 5.32 Å². The van der Waals surface area contributed by atoms with Crippen molar-refractivity contribution in [3.63, 3.8) is 0 Å². The van der Waals surface area contributed by atoms with Gasteiger partial charge in [0.15, 0.2) is 0 Å². The topological polar surface area (TPSA) is 86.8 Å². The smallest absolute Gasteiger partial charge is 0.244 e. The lowest BCUT2D eigenvalue weighted by Crippen LogP contribution is -2.53. The molecule has 1 N–H and O–H groups in total. The highest BCUT2D eigenvalue weighted by Gasteiger charge is 2.34. The van der Waals surface area contributed by atoms with Crippen molar-refractivity contribution in [3.8, 4) is 0 Å². The third-order valence-electron chi connectivity index (χ3n) is 6.52. The van der Waals surface area contributed by atoms with E-state index < -0.39 is 28.5 Å². The SMILES string of the molecule is Cc1cc(C)cc(N(CC(=O)N(Cc2c(Cl)cccc2Cl)C(Cc2ccccc2)C(=O)NCC(C)C)S(C)(=O)=O)c1. The number of halogens is 2. The highest BCUT2D eigenvalue weighted by Crippen LogP contribution is 2.28. The lowest BCUT2D eigenvalue weighted by Gasteiger charge is -2.34. The number of hydrogen-bond donors (Lipinski definition) is 1. The fourth-order valence-electron chi connectivity index (χ4n) is 4.54. The van der Waals surface area contributed by atoms with Crippen LogP contribution >= 0.6 is 23.2 Å². The van der Waals surface area contributed by atoms with Gasteiger partial charge in [0.05, 0.1) is 11.9 Å². The molecule has 0 radical (unpaired) electrons. The molecule has 0 saturated carbocycles. The number of nitrogens with zero attached hydrogens (tertiary/aromatic N) is 2. The molecule has 220 valence electrons. The van der Waals surface area contributed by atoms with Crippen molar-refractivity contribution in [1.29, 1.82) is 0 Å². The molecule has 0 aliphatic carbocycles. The third kappa shape index (κ3) is 9.21. The van der Waals surface area contributed by atoms with Gasteiger partial charge in [-0.15, -0.1) is 0 Å². The first-order chi connectivity index (χ1) is 19.3. The van der Waals surface area contributed by atoms with Gasteiger partial charge in [-0.3, -0.25) is 13.9 Å². The van der Waals surface area contributed by atoms with Crippen molar-refractivity contribution < 1.29 is 18.0 Å². The lowest BCUT2D eigenvalue weighted by atomic mass is 10.0. The maximum atomic E-state index is 14.2. The molecule has 0 aliphatic rings. The van der Waals surface area contributed by atoms with Crippen molar-refractivity contribution >= 4 is 50.7 Å². The number of carbonyl (C=O) groups is 2. The van der Waals surface area contributed by atoms with Crippen LogP contribution in [0.5, 0.6) is 0 Å². The van der Waals surface area contributed by atoms with Gasteiger partial charge in [-0.25, -0.2) is 8.42 Å². The van der Waals surface area contributed by atoms with Crippen LogP contribution in [0.4, 0.5) is 5.69 Å². The van der Waals surface area contributed by atoms with Crippen LogP contribution in [-0.2, 0) is 32.6 Å². The summed E-state index contributed by atoms with van der Waals surface area (Å²) in [6, 6.07) is 18.8. The summed E-state index contributed by atoms with van der Waals surface area (Å²) in [7, 11) is -3.86. The zero-order valence-corrected chi connectivity index (χ0v) is 26.4. The van der Waals surface area contributed by atoms with Crippen LogP contribution in [0.1, 0.15) is 36.1 Å². The molecular formula is C31H37Cl2N3O4S. The van der Waals surface area contributed by atoms with Gasteiger partial charge in [0, 0.05) is 35.1 Å². The summed E-state index contributed by atoms with van der Waals surface area (Å²) in [5.74, 6) is -0.730. The van der Waals surface area contributed by atoms with Crippen molar-refractivity contribution in [2.75, 3.05) is 23.7 Å². The molecular weight excluding hydrogens is 581 g/mol. The molecule has 0 aromatic heterocycles. The standard InChI is InChI=1S/C31H37Cl2N3O4S/c1-21(2)18-34-31(38)29(17-24-10-7-6-8-11-24)35(19-26-27(32)12-9-13-28(26)33)30(37)20-36(41(5,39)40)25-15-22(3)14-23(4)16-25/h6-16,21,29H,17-20H2,1-5H3,(H,34,38). The summed E-state index contributed by atoms with van der Waals surface area (Å²) in [6.07, 6.45) is 1.27. The quantitative estimate of drug-likeness (QED) is 0.279. The zero-order valence-electron chi connectivity index (χ0n) is 24.0. The number of amides is 2. The number of hydrogen-bond acceptors (Lipinski definition) is 4. The van der Waals surface area contributed by atoms with E-state index in [4.69, 9.17) is 23.2 Å². The maximum absolute atomic E-state index is 14.2. The maximum Gasteiger partial charge on any atom is 0.244 e. The molecule has 1 unspecified atom stereocenters. The second-order valence-electron chi connectivity index (χ2n) is 10.7. The first kappa shape index (κ1) is 32.4. The van der Waals surface area contributed by atoms with Crippen LogP contribution in [0.3, 0.4) is 0 Å². The Labute approximate surface area is 253 Å². The Hall–Kier alpha value is -3.07. The Bertz CT molecular complexity index is 1440. The first-order valence-electron chi connectivity index (χ1n) is 13.4. The molecule has 0 spiro atoms. The Kier molecular flexibility index (Phi) is 11.2. The van der Waals surface area contributed by atoms with Gasteiger partial charge in [-0.2, -0.15) is 0 Å². The van der Waals surface area contributed by atoms with Crippen LogP contribution in [0.15, 0.2) is 66.7 Å². The number of rotatable bonds is 12. The Morgan fingerprint density at radius 3 is 2.02 bits per heavy atom. The number of nitrogens with one attached hydrogen (secondary N) is 1. The van der Waals surface area contributed by atoms with Crippen LogP contribution in [0, 0.1) is 19.8 Å². The monoisotopic (exact) mass is 617 g/mol. The molecule has 10 heteroatoms. The third-order valence-corrected chi connectivity index (χ3v) is 8.37. The number of sulfonamides is 1. The van der Waals surface area contributed by atoms with E-state index in [1.807, 2.05) is 64.1 Å². The summed E-state index contributed by atoms with van der Waals surface area (Å²) in [4.78, 5) is 29.3. The van der Waals surface area contributed by atoms with E-state index in [0.29, 0.717) is 27.8 Å². The summed E-state index contributed by atoms with van der Waals surface area (Å²) in [6.45, 7) is 7.50. The number of benzene rings is 3. The Balaban J connectivity index is 2.11. The molecule has 0 fully saturated rings. The van der Waals surface area contributed by atoms with Crippen LogP contribution in [0.2, 0.25) is 10.0 Å². The van der Waals surface area contributed by atoms with Crippen LogP contribution < -0.4 is 9.62 Å². The number of anilines is 1. The average molecular weight is 619 g/mol. The lowest BCUT2D eigenvalue weighted by molar-refractivity contribution is -0.140. The molecule has 2 amide bonds. The van der Waals surface area contributed by atoms with Crippen LogP contribution in [0.25, 0.3) is 0 Å². The Morgan fingerprint density at radius 2 is 1.49 bits per heavy atom. The first-order valence-corrected chi connectivity index (χ1v) is 16.0. The van der Waals surface area contributed by atoms with Gasteiger partial charge in [0.2, 0.25) is 21.8 Å². The minimum atomic E-state index is -3.86. The second kappa shape index (κ2) is 14.2. The molecule has 0 aliphatic heterocycles. The molecule has 1 atom stereocenters. The molecule has 0 saturated heterocycles. The van der Waals surface area contributed by atoms with E-state index in [-0.39, 0.29) is 24.8 Å². The molecule has 7 nitrogen and oxygen atoms in total. The second-order valence-corrected chi connectivity index (χ2v) is 13.4. The number of aryl methyl sites for hydroxylation is 2. The van der Waals surface area contributed by atoms with Crippen LogP contribution in [-0.4, -0.2) is 50.5 Å². The van der Waals surface area contributed by atoms with Gasteiger partial charge in [0.25, 0.3) is 0 Å². The summed E-state index contributed by atoms with van der Waals surface area (Å²) in [5, 5.41) is 3.63. The van der Waals surface area contributed by atoms with Crippen molar-refractivity contribution in [1.82, 2.24) is 10.2 Å². The Morgan fingerprint density at radius 1 is 0.902 bits per heavy atom. The van der Waals surface area contributed by atoms with Gasteiger partial charge >= 0.3 is 0 Å². The largest absolute Gasteiger partial charge is 0.354 e. The average Bonchev–Trinajstić information content (AvgIpc) is 2.88. The minimum absolute atomic E-state index is 0.0889. The predicted molar refractivity (Wildman–Crippen MR) is 167 cm³/mol. The van der Waals surface area contributed by atoms with Crippen molar-refractivity contribution in [3.05, 3.63) is 99.0 Å². The van der Waals surface area contributed by atoms with Crippen molar-refractivity contribution in [2.45, 2.75) is 46.7 Å². The van der Waals surface area contributed by atoms with Gasteiger partial charge in [0.1, 0.15) is 12.6 Å². The van der Waals surface area contributed by atoms with Gasteiger partial charge < -0.3 is 10.2 Å². The van der Waals surface area contributed by atoms with Crippen molar-refractivity contribution in [2.24, 2.45) is 5.92 Å². The van der Waals surface area contributed by atoms with E-state index in [0.717, 1.165) is 27.3 Å². The molecule has 3 aromatic carbocycles. The minimum Gasteiger partial charge on any atom is -0.354 e. The highest BCUT2D eigenvalue weighted by atomic mass is 35.5. The summed E-state index contributed by atoms with van der Waals surface area (Å²) < 4.78 is 27.0. The van der Waals surface area contributed by atoms with Gasteiger partial charge in [-0.1, -0.05) is 79.5 Å². The van der Waals surface area contributed by atoms with E-state index in [9.17, 15) is 18.0 Å². The zero-order chi connectivity index (χ0) is 30.3. The van der Waals surface area contributed by atoms with E-state index in [1.165, 1.54) is 4.90 Å². The fourth-order valence-corrected chi connectivity index (χ4v) is 5.89. The predicted octanol–water partition coefficient (Wildman–Crippen LogP) is 5.79. The molecule has 41 heavy (non-hydrogen) atoms. The molecule has 3 aromatic rings. The molecule has 0 bridgehead atoms. The van der Waals surface area contributed by atoms with E-state index >= 15 is 0 Å². The van der Waals surface area contributed by atoms with E-state index in [1.54, 1.807) is 30.3 Å². The molecule has 3 rings (SSSR count). The summed E-state index contributed by atoms with van der Waals surface area (Å²) >= 11 is 13.0. The molecule has 0 heterocycles. The highest BCUT2D eigenvalue weighted by molar-refractivity contribution is 7.92. The van der Waals surface area contributed by atoms with Gasteiger partial charge in [-0.05, 0) is 60.7 Å².